The molecule has 0 aliphatic heterocycles. The molecule has 0 spiro atoms. The molecule has 1 atom stereocenters. The Morgan fingerprint density at radius 1 is 1.56 bits per heavy atom. The molecule has 0 bridgehead atoms. The molecule has 0 fully saturated rings. The topological polar surface area (TPSA) is 38.0 Å². The summed E-state index contributed by atoms with van der Waals surface area (Å²) in [6, 6.07) is 5.96. The summed E-state index contributed by atoms with van der Waals surface area (Å²) >= 11 is 5.98. The Labute approximate surface area is 102 Å². The molecule has 3 heteroatoms. The Morgan fingerprint density at radius 2 is 2.31 bits per heavy atom. The molecule has 86 valence electrons. The third-order valence-electron chi connectivity index (χ3n) is 2.63. The largest absolute Gasteiger partial charge is 0.271 e. The molecule has 1 unspecified atom stereocenters. The van der Waals surface area contributed by atoms with Crippen LogP contribution in [0.1, 0.15) is 36.4 Å². The number of hydrogen-bond acceptors (Lipinski definition) is 2. The van der Waals surface area contributed by atoms with Crippen molar-refractivity contribution in [3.05, 3.63) is 34.3 Å². The van der Waals surface area contributed by atoms with E-state index >= 15 is 0 Å². The van der Waals surface area contributed by atoms with Crippen LogP contribution in [0.25, 0.3) is 0 Å². The number of hydrazine groups is 1. The van der Waals surface area contributed by atoms with Gasteiger partial charge in [0, 0.05) is 17.5 Å². The fraction of sp³-hybridized carbons (Fsp3) is 0.385. The van der Waals surface area contributed by atoms with Gasteiger partial charge in [-0.1, -0.05) is 17.7 Å². The van der Waals surface area contributed by atoms with Gasteiger partial charge in [0.1, 0.15) is 0 Å². The van der Waals surface area contributed by atoms with E-state index in [0.717, 1.165) is 29.8 Å². The van der Waals surface area contributed by atoms with Gasteiger partial charge in [-0.2, -0.15) is 0 Å². The lowest BCUT2D eigenvalue weighted by atomic mass is 9.97. The normalized spacial score (nSPS) is 12.1. The van der Waals surface area contributed by atoms with Gasteiger partial charge in [-0.3, -0.25) is 11.3 Å². The first-order valence-electron chi connectivity index (χ1n) is 5.34. The molecule has 0 saturated carbocycles. The van der Waals surface area contributed by atoms with Crippen LogP contribution in [0.15, 0.2) is 18.2 Å². The van der Waals surface area contributed by atoms with Gasteiger partial charge in [-0.05, 0) is 43.0 Å². The molecule has 0 aliphatic carbocycles. The van der Waals surface area contributed by atoms with Gasteiger partial charge in [0.25, 0.3) is 0 Å². The number of nitrogens with one attached hydrogen (secondary N) is 1. The second kappa shape index (κ2) is 6.55. The molecule has 1 rings (SSSR count). The maximum atomic E-state index is 5.98. The average molecular weight is 237 g/mol. The molecule has 16 heavy (non-hydrogen) atoms. The van der Waals surface area contributed by atoms with Crippen molar-refractivity contribution in [1.82, 2.24) is 5.43 Å². The third kappa shape index (κ3) is 3.53. The summed E-state index contributed by atoms with van der Waals surface area (Å²) in [5, 5.41) is 0.734. The number of halogens is 1. The zero-order valence-electron chi connectivity index (χ0n) is 9.46. The second-order valence-corrected chi connectivity index (χ2v) is 4.25. The van der Waals surface area contributed by atoms with Gasteiger partial charge in [-0.15, -0.1) is 12.3 Å². The first kappa shape index (κ1) is 13.1. The van der Waals surface area contributed by atoms with E-state index in [9.17, 15) is 0 Å². The predicted molar refractivity (Wildman–Crippen MR) is 68.9 cm³/mol. The molecule has 0 saturated heterocycles. The first-order valence-corrected chi connectivity index (χ1v) is 5.72. The van der Waals surface area contributed by atoms with Crippen molar-refractivity contribution in [2.75, 3.05) is 0 Å². The molecule has 0 aromatic heterocycles. The smallest absolute Gasteiger partial charge is 0.0463 e. The lowest BCUT2D eigenvalue weighted by molar-refractivity contribution is 0.500. The van der Waals surface area contributed by atoms with Crippen molar-refractivity contribution in [3.8, 4) is 12.3 Å². The summed E-state index contributed by atoms with van der Waals surface area (Å²) in [5.74, 6) is 8.19. The van der Waals surface area contributed by atoms with Gasteiger partial charge in [-0.25, -0.2) is 0 Å². The van der Waals surface area contributed by atoms with Gasteiger partial charge in [0.05, 0.1) is 0 Å². The Kier molecular flexibility index (Phi) is 5.34. The van der Waals surface area contributed by atoms with Gasteiger partial charge < -0.3 is 0 Å². The van der Waals surface area contributed by atoms with E-state index < -0.39 is 0 Å². The monoisotopic (exact) mass is 236 g/mol. The number of benzene rings is 1. The Bertz CT molecular complexity index is 382. The van der Waals surface area contributed by atoms with Crippen molar-refractivity contribution >= 4 is 11.6 Å². The van der Waals surface area contributed by atoms with Crippen molar-refractivity contribution < 1.29 is 0 Å². The number of rotatable bonds is 5. The lowest BCUT2D eigenvalue weighted by Crippen LogP contribution is -2.28. The molecular weight excluding hydrogens is 220 g/mol. The fourth-order valence-corrected chi connectivity index (χ4v) is 1.90. The number of terminal acetylenes is 1. The van der Waals surface area contributed by atoms with Crippen LogP contribution in [0, 0.1) is 19.3 Å². The maximum Gasteiger partial charge on any atom is 0.0463 e. The van der Waals surface area contributed by atoms with Crippen molar-refractivity contribution in [2.24, 2.45) is 5.84 Å². The van der Waals surface area contributed by atoms with Crippen LogP contribution in [0.2, 0.25) is 5.02 Å². The van der Waals surface area contributed by atoms with Gasteiger partial charge in [0.2, 0.25) is 0 Å². The number of unbranched alkanes of at least 4 members (excludes halogenated alkanes) is 1. The molecule has 3 N–H and O–H groups in total. The van der Waals surface area contributed by atoms with Crippen molar-refractivity contribution in [3.63, 3.8) is 0 Å². The van der Waals surface area contributed by atoms with Gasteiger partial charge in [0.15, 0.2) is 0 Å². The molecule has 0 aliphatic rings. The summed E-state index contributed by atoms with van der Waals surface area (Å²) in [6.45, 7) is 2.05. The maximum absolute atomic E-state index is 5.98. The zero-order valence-corrected chi connectivity index (χ0v) is 10.2. The van der Waals surface area contributed by atoms with E-state index in [1.165, 1.54) is 5.56 Å². The van der Waals surface area contributed by atoms with Crippen molar-refractivity contribution in [1.29, 1.82) is 0 Å². The van der Waals surface area contributed by atoms with E-state index in [1.54, 1.807) is 0 Å². The molecule has 1 aromatic carbocycles. The minimum atomic E-state index is 0.118. The van der Waals surface area contributed by atoms with Crippen LogP contribution in [-0.4, -0.2) is 0 Å². The molecule has 2 nitrogen and oxygen atoms in total. The van der Waals surface area contributed by atoms with Gasteiger partial charge >= 0.3 is 0 Å². The van der Waals surface area contributed by atoms with E-state index in [4.69, 9.17) is 23.9 Å². The Balaban J connectivity index is 2.78. The lowest BCUT2D eigenvalue weighted by Gasteiger charge is -2.18. The molecule has 0 radical (unpaired) electrons. The summed E-state index contributed by atoms with van der Waals surface area (Å²) in [6.07, 6.45) is 7.88. The Morgan fingerprint density at radius 3 is 2.94 bits per heavy atom. The summed E-state index contributed by atoms with van der Waals surface area (Å²) in [7, 11) is 0. The standard InChI is InChI=1S/C13H17ClN2/c1-3-4-5-6-13(16-15)12-9-11(14)8-7-10(12)2/h1,7-9,13,16H,4-6,15H2,2H3. The van der Waals surface area contributed by atoms with Crippen LogP contribution in [0.5, 0.6) is 0 Å². The zero-order chi connectivity index (χ0) is 12.0. The van der Waals surface area contributed by atoms with Crippen LogP contribution in [0.4, 0.5) is 0 Å². The van der Waals surface area contributed by atoms with Crippen LogP contribution >= 0.6 is 11.6 Å². The molecule has 0 heterocycles. The SMILES string of the molecule is C#CCCCC(NN)c1cc(Cl)ccc1C. The summed E-state index contributed by atoms with van der Waals surface area (Å²) in [4.78, 5) is 0. The highest BCUT2D eigenvalue weighted by Gasteiger charge is 2.11. The summed E-state index contributed by atoms with van der Waals surface area (Å²) in [5.41, 5.74) is 5.15. The highest BCUT2D eigenvalue weighted by atomic mass is 35.5. The van der Waals surface area contributed by atoms with E-state index in [2.05, 4.69) is 18.3 Å². The Hall–Kier alpha value is -1.01. The predicted octanol–water partition coefficient (Wildman–Crippen LogP) is 2.96. The molecule has 0 amide bonds. The highest BCUT2D eigenvalue weighted by Crippen LogP contribution is 2.25. The molecule has 1 aromatic rings. The quantitative estimate of drug-likeness (QED) is 0.357. The summed E-state index contributed by atoms with van der Waals surface area (Å²) < 4.78 is 0. The van der Waals surface area contributed by atoms with E-state index in [1.807, 2.05) is 18.2 Å². The van der Waals surface area contributed by atoms with Crippen LogP contribution in [-0.2, 0) is 0 Å². The highest BCUT2D eigenvalue weighted by molar-refractivity contribution is 6.30. The molecular formula is C13H17ClN2. The minimum Gasteiger partial charge on any atom is -0.271 e. The van der Waals surface area contributed by atoms with E-state index in [-0.39, 0.29) is 6.04 Å². The van der Waals surface area contributed by atoms with Crippen LogP contribution in [0.3, 0.4) is 0 Å². The van der Waals surface area contributed by atoms with E-state index in [0.29, 0.717) is 0 Å². The number of nitrogens with two attached hydrogens (primary N) is 1. The minimum absolute atomic E-state index is 0.118. The second-order valence-electron chi connectivity index (χ2n) is 3.82. The third-order valence-corrected chi connectivity index (χ3v) is 2.87. The average Bonchev–Trinajstić information content (AvgIpc) is 2.28. The number of hydrogen-bond donors (Lipinski definition) is 2. The fourth-order valence-electron chi connectivity index (χ4n) is 1.72. The first-order chi connectivity index (χ1) is 7.69. The van der Waals surface area contributed by atoms with Crippen LogP contribution < -0.4 is 11.3 Å². The van der Waals surface area contributed by atoms with Crippen molar-refractivity contribution in [2.45, 2.75) is 32.2 Å². The number of aryl methyl sites for hydroxylation is 1.